The Labute approximate surface area is 244 Å². The van der Waals surface area contributed by atoms with Crippen LogP contribution in [0.15, 0.2) is 42.5 Å². The molecule has 0 unspecified atom stereocenters. The monoisotopic (exact) mass is 594 g/mol. The molecule has 40 heavy (non-hydrogen) atoms. The smallest absolute Gasteiger partial charge is 0.326 e. The topological polar surface area (TPSA) is 123 Å². The Hall–Kier alpha value is -2.85. The summed E-state index contributed by atoms with van der Waals surface area (Å²) in [7, 11) is 0. The Morgan fingerprint density at radius 3 is 2.23 bits per heavy atom. The van der Waals surface area contributed by atoms with Gasteiger partial charge in [0.15, 0.2) is 12.2 Å². The molecule has 3 rings (SSSR count). The zero-order valence-corrected chi connectivity index (χ0v) is 24.0. The van der Waals surface area contributed by atoms with Crippen molar-refractivity contribution in [2.75, 3.05) is 13.3 Å². The highest BCUT2D eigenvalue weighted by atomic mass is 35.5. The molecule has 1 aliphatic heterocycles. The zero-order valence-electron chi connectivity index (χ0n) is 22.5. The predicted molar refractivity (Wildman–Crippen MR) is 152 cm³/mol. The largest absolute Gasteiger partial charge is 0.489 e. The second kappa shape index (κ2) is 16.4. The van der Waals surface area contributed by atoms with Crippen LogP contribution >= 0.6 is 23.2 Å². The fraction of sp³-hybridized carbons (Fsp3) is 0.483. The number of unbranched alkanes of at least 4 members (excludes halogenated alkanes) is 5. The lowest BCUT2D eigenvalue weighted by atomic mass is 10.0. The quantitative estimate of drug-likeness (QED) is 0.236. The molecule has 2 amide bonds. The molecule has 2 aromatic carbocycles. The lowest BCUT2D eigenvalue weighted by molar-refractivity contribution is -0.144. The third-order valence-corrected chi connectivity index (χ3v) is 7.25. The van der Waals surface area contributed by atoms with Crippen LogP contribution in [0.2, 0.25) is 10.0 Å². The van der Waals surface area contributed by atoms with Gasteiger partial charge in [-0.2, -0.15) is 0 Å². The predicted octanol–water partition coefficient (Wildman–Crippen LogP) is 4.90. The number of benzene rings is 2. The first-order valence-corrected chi connectivity index (χ1v) is 14.2. The molecule has 0 radical (unpaired) electrons. The van der Waals surface area contributed by atoms with Crippen molar-refractivity contribution in [1.29, 1.82) is 0 Å². The van der Waals surface area contributed by atoms with Gasteiger partial charge in [-0.1, -0.05) is 80.4 Å². The Balaban J connectivity index is 1.49. The molecule has 9 nitrogen and oxygen atoms in total. The summed E-state index contributed by atoms with van der Waals surface area (Å²) in [5.74, 6) is -1.85. The van der Waals surface area contributed by atoms with Crippen molar-refractivity contribution in [2.45, 2.75) is 76.7 Å². The van der Waals surface area contributed by atoms with E-state index in [-0.39, 0.29) is 19.8 Å². The van der Waals surface area contributed by atoms with Gasteiger partial charge in [-0.05, 0) is 36.2 Å². The molecule has 3 N–H and O–H groups in total. The standard InChI is InChI=1S/C29H36Cl2N2O7/c1-2-3-4-5-6-7-15-32-27(34)25-26(40-18-39-25)28(35)33-24(29(36)37)16-19-11-13-20(14-12-19)38-17-21-22(30)9-8-10-23(21)31/h8-14,24-26H,2-7,15-18H2,1H3,(H,32,34)(H,33,35)(H,36,37)/t24-,25+,26+/m0/s1. The van der Waals surface area contributed by atoms with Gasteiger partial charge in [0.25, 0.3) is 11.8 Å². The zero-order chi connectivity index (χ0) is 28.9. The number of carbonyl (C=O) groups excluding carboxylic acids is 2. The minimum Gasteiger partial charge on any atom is -0.489 e. The highest BCUT2D eigenvalue weighted by Gasteiger charge is 2.41. The maximum Gasteiger partial charge on any atom is 0.326 e. The number of halogens is 2. The van der Waals surface area contributed by atoms with Crippen LogP contribution < -0.4 is 15.4 Å². The average molecular weight is 596 g/mol. The number of ether oxygens (including phenoxy) is 3. The van der Waals surface area contributed by atoms with Gasteiger partial charge in [-0.15, -0.1) is 0 Å². The van der Waals surface area contributed by atoms with Crippen molar-refractivity contribution in [1.82, 2.24) is 10.6 Å². The summed E-state index contributed by atoms with van der Waals surface area (Å²) in [6.07, 6.45) is 4.14. The van der Waals surface area contributed by atoms with Gasteiger partial charge >= 0.3 is 5.97 Å². The molecule has 2 aromatic rings. The van der Waals surface area contributed by atoms with E-state index in [9.17, 15) is 19.5 Å². The van der Waals surface area contributed by atoms with Crippen molar-refractivity contribution in [3.63, 3.8) is 0 Å². The SMILES string of the molecule is CCCCCCCCNC(=O)[C@@H]1OCO[C@H]1C(=O)N[C@@H](Cc1ccc(OCc2c(Cl)cccc2Cl)cc1)C(=O)O. The van der Waals surface area contributed by atoms with Crippen molar-refractivity contribution in [3.8, 4) is 5.75 Å². The molecule has 0 saturated carbocycles. The number of amides is 2. The molecule has 11 heteroatoms. The molecule has 218 valence electrons. The first-order chi connectivity index (χ1) is 19.3. The van der Waals surface area contributed by atoms with Crippen molar-refractivity contribution in [2.24, 2.45) is 0 Å². The van der Waals surface area contributed by atoms with E-state index < -0.39 is 36.0 Å². The molecule has 1 aliphatic rings. The van der Waals surface area contributed by atoms with Crippen LogP contribution in [0.3, 0.4) is 0 Å². The lowest BCUT2D eigenvalue weighted by Crippen LogP contribution is -2.52. The van der Waals surface area contributed by atoms with E-state index in [1.807, 2.05) is 0 Å². The molecule has 0 bridgehead atoms. The van der Waals surface area contributed by atoms with Crippen molar-refractivity contribution < 1.29 is 33.7 Å². The van der Waals surface area contributed by atoms with E-state index in [0.717, 1.165) is 19.3 Å². The third-order valence-electron chi connectivity index (χ3n) is 6.54. The maximum absolute atomic E-state index is 12.9. The van der Waals surface area contributed by atoms with Crippen LogP contribution in [-0.4, -0.2) is 54.5 Å². The Morgan fingerprint density at radius 2 is 1.57 bits per heavy atom. The lowest BCUT2D eigenvalue weighted by Gasteiger charge is -2.20. The summed E-state index contributed by atoms with van der Waals surface area (Å²) in [6, 6.07) is 10.8. The molecule has 3 atom stereocenters. The number of rotatable bonds is 16. The van der Waals surface area contributed by atoms with Gasteiger partial charge in [0.1, 0.15) is 25.2 Å². The van der Waals surface area contributed by atoms with Gasteiger partial charge in [-0.3, -0.25) is 9.59 Å². The highest BCUT2D eigenvalue weighted by Crippen LogP contribution is 2.26. The molecule has 0 aromatic heterocycles. The molecule has 1 fully saturated rings. The number of hydrogen-bond donors (Lipinski definition) is 3. The molecular formula is C29H36Cl2N2O7. The molecular weight excluding hydrogens is 559 g/mol. The van der Waals surface area contributed by atoms with Crippen LogP contribution in [0, 0.1) is 0 Å². The van der Waals surface area contributed by atoms with Gasteiger partial charge < -0.3 is 30.0 Å². The summed E-state index contributed by atoms with van der Waals surface area (Å²) < 4.78 is 16.4. The third kappa shape index (κ3) is 9.66. The molecule has 0 spiro atoms. The Morgan fingerprint density at radius 1 is 0.950 bits per heavy atom. The van der Waals surface area contributed by atoms with Gasteiger partial charge in [-0.25, -0.2) is 4.79 Å². The number of nitrogens with one attached hydrogen (secondary N) is 2. The second-order valence-electron chi connectivity index (χ2n) is 9.59. The van der Waals surface area contributed by atoms with Gasteiger partial charge in [0.05, 0.1) is 0 Å². The highest BCUT2D eigenvalue weighted by molar-refractivity contribution is 6.35. The van der Waals surface area contributed by atoms with E-state index in [0.29, 0.717) is 33.5 Å². The number of aliphatic carboxylic acids is 1. The molecule has 1 saturated heterocycles. The van der Waals surface area contributed by atoms with E-state index in [4.69, 9.17) is 37.4 Å². The Bertz CT molecular complexity index is 1110. The van der Waals surface area contributed by atoms with Gasteiger partial charge in [0.2, 0.25) is 0 Å². The van der Waals surface area contributed by atoms with Crippen LogP contribution in [0.5, 0.6) is 5.75 Å². The van der Waals surface area contributed by atoms with E-state index in [1.54, 1.807) is 42.5 Å². The summed E-state index contributed by atoms with van der Waals surface area (Å²) in [6.45, 7) is 2.57. The summed E-state index contributed by atoms with van der Waals surface area (Å²) in [4.78, 5) is 37.4. The Kier molecular flexibility index (Phi) is 13.0. The molecule has 0 aliphatic carbocycles. The van der Waals surface area contributed by atoms with E-state index in [1.165, 1.54) is 19.3 Å². The molecule has 1 heterocycles. The minimum absolute atomic E-state index is 0.0141. The summed E-state index contributed by atoms with van der Waals surface area (Å²) >= 11 is 12.4. The van der Waals surface area contributed by atoms with Crippen LogP contribution in [0.4, 0.5) is 0 Å². The fourth-order valence-electron chi connectivity index (χ4n) is 4.24. The maximum atomic E-state index is 12.9. The normalized spacial score (nSPS) is 17.3. The first-order valence-electron chi connectivity index (χ1n) is 13.5. The van der Waals surface area contributed by atoms with Crippen LogP contribution in [0.25, 0.3) is 0 Å². The second-order valence-corrected chi connectivity index (χ2v) is 10.4. The average Bonchev–Trinajstić information content (AvgIpc) is 3.43. The summed E-state index contributed by atoms with van der Waals surface area (Å²) in [5, 5.41) is 16.0. The summed E-state index contributed by atoms with van der Waals surface area (Å²) in [5.41, 5.74) is 1.32. The van der Waals surface area contributed by atoms with E-state index >= 15 is 0 Å². The van der Waals surface area contributed by atoms with Crippen molar-refractivity contribution in [3.05, 3.63) is 63.6 Å². The first kappa shape index (κ1) is 31.7. The van der Waals surface area contributed by atoms with Crippen LogP contribution in [-0.2, 0) is 36.9 Å². The number of hydrogen-bond acceptors (Lipinski definition) is 6. The number of carbonyl (C=O) groups is 3. The number of carboxylic acids is 1. The minimum atomic E-state index is -1.24. The number of carboxylic acid groups (broad SMARTS) is 1. The van der Waals surface area contributed by atoms with Gasteiger partial charge in [0, 0.05) is 28.6 Å². The van der Waals surface area contributed by atoms with Crippen LogP contribution in [0.1, 0.15) is 56.6 Å². The van der Waals surface area contributed by atoms with Crippen molar-refractivity contribution >= 4 is 41.0 Å². The van der Waals surface area contributed by atoms with E-state index in [2.05, 4.69) is 17.6 Å². The fourth-order valence-corrected chi connectivity index (χ4v) is 4.75.